The summed E-state index contributed by atoms with van der Waals surface area (Å²) in [5, 5.41) is 0. The van der Waals surface area contributed by atoms with E-state index in [0.29, 0.717) is 12.8 Å². The molecule has 1 aliphatic heterocycles. The van der Waals surface area contributed by atoms with E-state index >= 15 is 0 Å². The van der Waals surface area contributed by atoms with Crippen molar-refractivity contribution in [2.45, 2.75) is 55.4 Å². The highest BCUT2D eigenvalue weighted by Gasteiger charge is 2.56. The highest BCUT2D eigenvalue weighted by Crippen LogP contribution is 2.42. The van der Waals surface area contributed by atoms with E-state index in [1.54, 1.807) is 12.1 Å². The van der Waals surface area contributed by atoms with E-state index in [-0.39, 0.29) is 10.8 Å². The van der Waals surface area contributed by atoms with Crippen LogP contribution in [-0.2, 0) is 21.2 Å². The molecule has 0 bridgehead atoms. The van der Waals surface area contributed by atoms with Crippen molar-refractivity contribution in [2.24, 2.45) is 11.7 Å². The molecule has 1 aliphatic carbocycles. The number of carbonyl (C=O) groups excluding carboxylic acids is 1. The Morgan fingerprint density at radius 2 is 1.88 bits per heavy atom. The lowest BCUT2D eigenvalue weighted by molar-refractivity contribution is -0.121. The van der Waals surface area contributed by atoms with Gasteiger partial charge in [-0.3, -0.25) is 4.79 Å². The minimum atomic E-state index is -3.90. The number of rotatable bonds is 0. The largest absolute Gasteiger partial charge is 0.317 e. The van der Waals surface area contributed by atoms with Gasteiger partial charge in [-0.15, -0.1) is 0 Å². The molecule has 1 aromatic rings. The minimum absolute atomic E-state index is 0.0759. The molecule has 5 nitrogen and oxygen atoms in total. The summed E-state index contributed by atoms with van der Waals surface area (Å²) in [7, 11) is -3.90. The second kappa shape index (κ2) is 6.69. The standard InChI is InChI=1S/C18H24N2O3S/c19-18-13-15(18)11-6-4-2-1-3-5-9-14-10-7-8-12-16(14)24(22,23)20-17(18)21/h6-8,10-12,15H,1-5,9,13,19H2,(H,20,21)/b11-6-/t15-,18+/m0/s1. The van der Waals surface area contributed by atoms with Gasteiger partial charge in [0, 0.05) is 5.92 Å². The summed E-state index contributed by atoms with van der Waals surface area (Å²) >= 11 is 0. The van der Waals surface area contributed by atoms with E-state index in [9.17, 15) is 13.2 Å². The molecule has 1 saturated carbocycles. The number of hydrogen-bond donors (Lipinski definition) is 2. The molecule has 2 atom stereocenters. The van der Waals surface area contributed by atoms with Crippen molar-refractivity contribution < 1.29 is 13.2 Å². The number of amides is 1. The molecule has 1 heterocycles. The molecule has 0 unspecified atom stereocenters. The number of allylic oxidation sites excluding steroid dienone is 1. The summed E-state index contributed by atoms with van der Waals surface area (Å²) in [5.41, 5.74) is 5.74. The molecule has 0 saturated heterocycles. The van der Waals surface area contributed by atoms with Crippen molar-refractivity contribution >= 4 is 15.9 Å². The summed E-state index contributed by atoms with van der Waals surface area (Å²) < 4.78 is 27.5. The van der Waals surface area contributed by atoms with Gasteiger partial charge >= 0.3 is 0 Å². The predicted octanol–water partition coefficient (Wildman–Crippen LogP) is 2.27. The second-order valence-electron chi connectivity index (χ2n) is 6.77. The number of carbonyl (C=O) groups is 1. The van der Waals surface area contributed by atoms with Crippen molar-refractivity contribution in [2.75, 3.05) is 0 Å². The van der Waals surface area contributed by atoms with Crippen molar-refractivity contribution in [1.29, 1.82) is 0 Å². The van der Waals surface area contributed by atoms with Gasteiger partial charge < -0.3 is 5.73 Å². The zero-order chi connectivity index (χ0) is 17.2. The van der Waals surface area contributed by atoms with Crippen LogP contribution < -0.4 is 10.5 Å². The summed E-state index contributed by atoms with van der Waals surface area (Å²) in [6.07, 6.45) is 10.4. The molecule has 1 fully saturated rings. The van der Waals surface area contributed by atoms with E-state index in [1.165, 1.54) is 0 Å². The lowest BCUT2D eigenvalue weighted by atomic mass is 10.1. The number of nitrogens with one attached hydrogen (secondary N) is 1. The summed E-state index contributed by atoms with van der Waals surface area (Å²) in [5.74, 6) is -0.685. The summed E-state index contributed by atoms with van der Waals surface area (Å²) in [6.45, 7) is 0. The average Bonchev–Trinajstić information content (AvgIpc) is 3.21. The van der Waals surface area contributed by atoms with Gasteiger partial charge in [-0.25, -0.2) is 13.1 Å². The second-order valence-corrected chi connectivity index (χ2v) is 8.43. The van der Waals surface area contributed by atoms with Gasteiger partial charge in [0.25, 0.3) is 15.9 Å². The molecule has 2 aliphatic rings. The molecule has 0 spiro atoms. The lowest BCUT2D eigenvalue weighted by Crippen LogP contribution is -2.46. The van der Waals surface area contributed by atoms with Gasteiger partial charge in [-0.1, -0.05) is 43.2 Å². The maximum atomic E-state index is 12.6. The normalized spacial score (nSPS) is 31.5. The fourth-order valence-corrected chi connectivity index (χ4v) is 4.56. The van der Waals surface area contributed by atoms with Gasteiger partial charge in [0.05, 0.1) is 4.90 Å². The predicted molar refractivity (Wildman–Crippen MR) is 92.7 cm³/mol. The van der Waals surface area contributed by atoms with Crippen LogP contribution in [0.4, 0.5) is 0 Å². The molecule has 24 heavy (non-hydrogen) atoms. The van der Waals surface area contributed by atoms with Crippen LogP contribution in [0.3, 0.4) is 0 Å². The van der Waals surface area contributed by atoms with Crippen LogP contribution >= 0.6 is 0 Å². The molecule has 1 aromatic carbocycles. The topological polar surface area (TPSA) is 89.3 Å². The van der Waals surface area contributed by atoms with Gasteiger partial charge in [-0.05, 0) is 43.7 Å². The van der Waals surface area contributed by atoms with Crippen LogP contribution in [0.5, 0.6) is 0 Å². The minimum Gasteiger partial charge on any atom is -0.317 e. The third-order valence-electron chi connectivity index (χ3n) is 4.91. The number of aryl methyl sites for hydroxylation is 1. The molecule has 3 rings (SSSR count). The quantitative estimate of drug-likeness (QED) is 0.704. The lowest BCUT2D eigenvalue weighted by Gasteiger charge is -2.14. The molecule has 130 valence electrons. The van der Waals surface area contributed by atoms with Gasteiger partial charge in [0.2, 0.25) is 0 Å². The zero-order valence-electron chi connectivity index (χ0n) is 13.7. The first-order valence-corrected chi connectivity index (χ1v) is 10.0. The van der Waals surface area contributed by atoms with Crippen LogP contribution in [0.1, 0.15) is 44.1 Å². The maximum absolute atomic E-state index is 12.6. The van der Waals surface area contributed by atoms with E-state index in [2.05, 4.69) is 10.8 Å². The van der Waals surface area contributed by atoms with Crippen LogP contribution in [-0.4, -0.2) is 19.9 Å². The van der Waals surface area contributed by atoms with Crippen molar-refractivity contribution in [3.05, 3.63) is 42.0 Å². The summed E-state index contributed by atoms with van der Waals surface area (Å²) in [4.78, 5) is 12.6. The first-order chi connectivity index (χ1) is 11.4. The third kappa shape index (κ3) is 3.54. The molecule has 0 radical (unpaired) electrons. The molecular weight excluding hydrogens is 324 g/mol. The van der Waals surface area contributed by atoms with Gasteiger partial charge in [0.15, 0.2) is 0 Å². The van der Waals surface area contributed by atoms with Gasteiger partial charge in [0.1, 0.15) is 5.54 Å². The molecule has 0 aromatic heterocycles. The smallest absolute Gasteiger partial charge is 0.264 e. The van der Waals surface area contributed by atoms with E-state index in [4.69, 9.17) is 5.73 Å². The molecule has 3 N–H and O–H groups in total. The third-order valence-corrected chi connectivity index (χ3v) is 6.34. The van der Waals surface area contributed by atoms with Crippen LogP contribution in [0.2, 0.25) is 0 Å². The van der Waals surface area contributed by atoms with E-state index in [1.807, 2.05) is 18.2 Å². The van der Waals surface area contributed by atoms with Crippen molar-refractivity contribution in [3.8, 4) is 0 Å². The Morgan fingerprint density at radius 3 is 2.71 bits per heavy atom. The fourth-order valence-electron chi connectivity index (χ4n) is 3.24. The van der Waals surface area contributed by atoms with Crippen LogP contribution in [0, 0.1) is 5.92 Å². The average molecular weight is 348 g/mol. The molecule has 6 heteroatoms. The number of benzene rings is 1. The van der Waals surface area contributed by atoms with Crippen molar-refractivity contribution in [1.82, 2.24) is 4.72 Å². The highest BCUT2D eigenvalue weighted by molar-refractivity contribution is 7.90. The maximum Gasteiger partial charge on any atom is 0.264 e. The Kier molecular flexibility index (Phi) is 4.78. The van der Waals surface area contributed by atoms with E-state index in [0.717, 1.165) is 37.7 Å². The van der Waals surface area contributed by atoms with Crippen molar-refractivity contribution in [3.63, 3.8) is 0 Å². The Morgan fingerprint density at radius 1 is 1.12 bits per heavy atom. The molecular formula is C18H24N2O3S. The van der Waals surface area contributed by atoms with Crippen LogP contribution in [0.15, 0.2) is 41.3 Å². The highest BCUT2D eigenvalue weighted by atomic mass is 32.2. The number of fused-ring (bicyclic) bond motifs is 2. The Balaban J connectivity index is 1.89. The Labute approximate surface area is 143 Å². The first-order valence-electron chi connectivity index (χ1n) is 8.54. The number of nitrogens with two attached hydrogens (primary N) is 1. The Bertz CT molecular complexity index is 757. The first kappa shape index (κ1) is 17.2. The van der Waals surface area contributed by atoms with Crippen LogP contribution in [0.25, 0.3) is 0 Å². The van der Waals surface area contributed by atoms with Gasteiger partial charge in [-0.2, -0.15) is 0 Å². The monoisotopic (exact) mass is 348 g/mol. The molecule has 1 amide bonds. The Hall–Kier alpha value is -1.66. The summed E-state index contributed by atoms with van der Waals surface area (Å²) in [6, 6.07) is 6.88. The number of sulfonamides is 1. The number of hydrogen-bond acceptors (Lipinski definition) is 4. The van der Waals surface area contributed by atoms with E-state index < -0.39 is 21.5 Å². The fraction of sp³-hybridized carbons (Fsp3) is 0.500. The SMILES string of the molecule is N[C@]12C[C@@H]1/C=C\CCCCCCc1ccccc1S(=O)(=O)NC2=O. The zero-order valence-corrected chi connectivity index (χ0v) is 14.5.